The van der Waals surface area contributed by atoms with Crippen molar-refractivity contribution in [2.45, 2.75) is 165 Å². The van der Waals surface area contributed by atoms with E-state index in [2.05, 4.69) is 57.9 Å². The highest BCUT2D eigenvalue weighted by Gasteiger charge is 2.57. The number of ketones is 1. The van der Waals surface area contributed by atoms with Crippen LogP contribution in [0.3, 0.4) is 0 Å². The summed E-state index contributed by atoms with van der Waals surface area (Å²) in [5, 5.41) is 0. The average molecular weight is 777 g/mol. The lowest BCUT2D eigenvalue weighted by Crippen LogP contribution is -2.59. The third-order valence-corrected chi connectivity index (χ3v) is 14.4. The van der Waals surface area contributed by atoms with Crippen molar-refractivity contribution in [2.75, 3.05) is 49.5 Å². The summed E-state index contributed by atoms with van der Waals surface area (Å²) in [6, 6.07) is 0.617. The summed E-state index contributed by atoms with van der Waals surface area (Å²) in [5.74, 6) is 0.309. The molecule has 0 spiro atoms. The molecule has 55 heavy (non-hydrogen) atoms. The summed E-state index contributed by atoms with van der Waals surface area (Å²) >= 11 is 0. The SMILES string of the molecule is CC[C@H]1CCC[C@H](O[C@H]2CC[C@H](N(C)C)C(C)O2)[C@@H](C)C(=O)C2=C[C@@H]3[C@@H](C[C@@H](N(C)C)[C@@H]4C[C@@H](O[C@@H]5OC(C)[C@H](OC)C(OC)[C@@H]5OC)C[C@@H]34)[C@@H]2CC(=O)O1. The van der Waals surface area contributed by atoms with Gasteiger partial charge in [0.1, 0.15) is 24.4 Å². The molecule has 3 heterocycles. The monoisotopic (exact) mass is 777 g/mol. The van der Waals surface area contributed by atoms with E-state index in [9.17, 15) is 9.59 Å². The first-order valence-electron chi connectivity index (χ1n) is 21.3. The number of fused-ring (bicyclic) bond motifs is 5. The molecule has 12 heteroatoms. The maximum Gasteiger partial charge on any atom is 0.306 e. The van der Waals surface area contributed by atoms with Gasteiger partial charge < -0.3 is 47.7 Å². The Morgan fingerprint density at radius 2 is 1.44 bits per heavy atom. The predicted molar refractivity (Wildman–Crippen MR) is 207 cm³/mol. The molecule has 0 N–H and O–H groups in total. The van der Waals surface area contributed by atoms with Gasteiger partial charge in [0.2, 0.25) is 0 Å². The molecule has 3 unspecified atom stereocenters. The van der Waals surface area contributed by atoms with Crippen LogP contribution in [-0.2, 0) is 47.5 Å². The molecule has 0 bridgehead atoms. The summed E-state index contributed by atoms with van der Waals surface area (Å²) in [6.45, 7) is 8.22. The molecular weight excluding hydrogens is 704 g/mol. The van der Waals surface area contributed by atoms with Crippen LogP contribution in [0.2, 0.25) is 0 Å². The van der Waals surface area contributed by atoms with Crippen molar-refractivity contribution in [1.29, 1.82) is 0 Å². The van der Waals surface area contributed by atoms with Crippen molar-refractivity contribution in [3.05, 3.63) is 11.6 Å². The second kappa shape index (κ2) is 18.6. The number of ether oxygens (including phenoxy) is 8. The lowest BCUT2D eigenvalue weighted by atomic mass is 9.64. The molecule has 0 radical (unpaired) electrons. The van der Waals surface area contributed by atoms with Crippen LogP contribution in [0.25, 0.3) is 0 Å². The van der Waals surface area contributed by atoms with E-state index in [1.165, 1.54) is 0 Å². The van der Waals surface area contributed by atoms with Crippen molar-refractivity contribution in [1.82, 2.24) is 9.80 Å². The predicted octanol–water partition coefficient (Wildman–Crippen LogP) is 5.25. The lowest BCUT2D eigenvalue weighted by molar-refractivity contribution is -0.314. The van der Waals surface area contributed by atoms with Crippen LogP contribution in [0, 0.1) is 35.5 Å². The average Bonchev–Trinajstić information content (AvgIpc) is 3.73. The summed E-state index contributed by atoms with van der Waals surface area (Å²) in [7, 11) is 13.5. The van der Waals surface area contributed by atoms with Gasteiger partial charge in [0.15, 0.2) is 18.4 Å². The third-order valence-electron chi connectivity index (χ3n) is 14.4. The maximum absolute atomic E-state index is 14.9. The zero-order valence-electron chi connectivity index (χ0n) is 35.5. The Kier molecular flexibility index (Phi) is 14.6. The number of esters is 1. The molecule has 0 aromatic rings. The van der Waals surface area contributed by atoms with Crippen molar-refractivity contribution in [3.8, 4) is 0 Å². The van der Waals surface area contributed by atoms with Gasteiger partial charge in [-0.05, 0) is 129 Å². The standard InChI is InChI=1S/C43H72N2O10/c1-12-26-14-13-15-36(55-38-17-16-34(44(5)6)24(3)51-38)23(2)39(47)33-20-29-28-18-27(54-43-42(50-11)41(49-10)40(48-9)25(4)52-43)19-32(28)35(45(7)8)21-30(29)31(33)22-37(46)53-26/h20,23-32,34-36,38,40-43H,12-19,21-22H2,1-11H3/t23-,24?,25?,26+,27+,28+,29+,30-,31+,32-,34+,35-,36+,38+,40+,41?,42+,43+/m1/s1. The number of rotatable bonds is 10. The smallest absolute Gasteiger partial charge is 0.306 e. The number of nitrogens with zero attached hydrogens (tertiary/aromatic N) is 2. The van der Waals surface area contributed by atoms with Crippen LogP contribution >= 0.6 is 0 Å². The molecule has 0 aromatic heterocycles. The number of allylic oxidation sites excluding steroid dienone is 2. The van der Waals surface area contributed by atoms with Crippen LogP contribution < -0.4 is 0 Å². The van der Waals surface area contributed by atoms with Crippen LogP contribution in [0.4, 0.5) is 0 Å². The van der Waals surface area contributed by atoms with Gasteiger partial charge in [-0.15, -0.1) is 0 Å². The molecule has 0 aromatic carbocycles. The number of cyclic esters (lactones) is 1. The van der Waals surface area contributed by atoms with E-state index in [-0.39, 0.29) is 103 Å². The molecule has 0 amide bonds. The highest BCUT2D eigenvalue weighted by atomic mass is 16.7. The molecule has 6 aliphatic rings. The normalized spacial score (nSPS) is 45.7. The maximum atomic E-state index is 14.9. The first-order chi connectivity index (χ1) is 26.3. The molecular formula is C43H72N2O10. The van der Waals surface area contributed by atoms with E-state index in [1.54, 1.807) is 21.3 Å². The topological polar surface area (TPSA) is 114 Å². The van der Waals surface area contributed by atoms with Gasteiger partial charge in [-0.2, -0.15) is 0 Å². The number of carbonyl (C=O) groups is 2. The van der Waals surface area contributed by atoms with Gasteiger partial charge in [-0.3, -0.25) is 9.59 Å². The minimum atomic E-state index is -0.599. The Labute approximate surface area is 330 Å². The molecule has 3 saturated heterocycles. The fraction of sp³-hybridized carbons (Fsp3) is 0.907. The number of hydrogen-bond donors (Lipinski definition) is 0. The van der Waals surface area contributed by atoms with Crippen LogP contribution in [0.5, 0.6) is 0 Å². The van der Waals surface area contributed by atoms with Gasteiger partial charge in [0, 0.05) is 45.2 Å². The minimum Gasteiger partial charge on any atom is -0.462 e. The first kappa shape index (κ1) is 43.1. The number of likely N-dealkylation sites (N-methyl/N-ethyl adjacent to an activating group) is 1. The molecule has 5 fully saturated rings. The van der Waals surface area contributed by atoms with E-state index < -0.39 is 12.4 Å². The summed E-state index contributed by atoms with van der Waals surface area (Å²) in [5.41, 5.74) is 0.798. The van der Waals surface area contributed by atoms with Crippen LogP contribution in [0.1, 0.15) is 91.9 Å². The number of methoxy groups -OCH3 is 3. The second-order valence-electron chi connectivity index (χ2n) is 18.0. The second-order valence-corrected chi connectivity index (χ2v) is 18.0. The summed E-state index contributed by atoms with van der Waals surface area (Å²) < 4.78 is 50.1. The van der Waals surface area contributed by atoms with Gasteiger partial charge in [-0.25, -0.2) is 0 Å². The van der Waals surface area contributed by atoms with E-state index >= 15 is 0 Å². The van der Waals surface area contributed by atoms with E-state index in [0.29, 0.717) is 18.4 Å². The van der Waals surface area contributed by atoms with Crippen LogP contribution in [-0.4, -0.2) is 145 Å². The fourth-order valence-corrected chi connectivity index (χ4v) is 11.5. The molecule has 6 rings (SSSR count). The quantitative estimate of drug-likeness (QED) is 0.270. The Bertz CT molecular complexity index is 1330. The van der Waals surface area contributed by atoms with Gasteiger partial charge in [0.25, 0.3) is 0 Å². The molecule has 3 aliphatic carbocycles. The third kappa shape index (κ3) is 9.08. The van der Waals surface area contributed by atoms with Gasteiger partial charge in [-0.1, -0.05) is 19.9 Å². The zero-order chi connectivity index (χ0) is 39.7. The van der Waals surface area contributed by atoms with Crippen molar-refractivity contribution >= 4 is 11.8 Å². The van der Waals surface area contributed by atoms with Crippen molar-refractivity contribution < 1.29 is 47.5 Å². The lowest BCUT2D eigenvalue weighted by Gasteiger charge is -2.46. The zero-order valence-corrected chi connectivity index (χ0v) is 35.5. The largest absolute Gasteiger partial charge is 0.462 e. The van der Waals surface area contributed by atoms with Crippen molar-refractivity contribution in [2.24, 2.45) is 35.5 Å². The van der Waals surface area contributed by atoms with E-state index in [4.69, 9.17) is 37.9 Å². The Morgan fingerprint density at radius 1 is 0.745 bits per heavy atom. The number of carbonyl (C=O) groups excluding carboxylic acids is 2. The van der Waals surface area contributed by atoms with E-state index in [1.807, 2.05) is 13.8 Å². The summed E-state index contributed by atoms with van der Waals surface area (Å²) in [4.78, 5) is 33.2. The molecule has 18 atom stereocenters. The number of Topliss-reactive ketones (excluding diaryl/α,β-unsaturated/α-hetero) is 1. The highest BCUT2D eigenvalue weighted by molar-refractivity contribution is 5.99. The van der Waals surface area contributed by atoms with Crippen molar-refractivity contribution in [3.63, 3.8) is 0 Å². The van der Waals surface area contributed by atoms with Crippen LogP contribution in [0.15, 0.2) is 11.6 Å². The molecule has 2 saturated carbocycles. The Morgan fingerprint density at radius 3 is 2.07 bits per heavy atom. The molecule has 3 aliphatic heterocycles. The van der Waals surface area contributed by atoms with Gasteiger partial charge >= 0.3 is 5.97 Å². The fourth-order valence-electron chi connectivity index (χ4n) is 11.5. The number of hydrogen-bond acceptors (Lipinski definition) is 12. The Hall–Kier alpha value is -1.48. The minimum absolute atomic E-state index is 0.0360. The van der Waals surface area contributed by atoms with E-state index in [0.717, 1.165) is 56.9 Å². The Balaban J connectivity index is 1.26. The molecule has 314 valence electrons. The first-order valence-corrected chi connectivity index (χ1v) is 21.3. The molecule has 12 nitrogen and oxygen atoms in total. The highest BCUT2D eigenvalue weighted by Crippen LogP contribution is 2.57. The van der Waals surface area contributed by atoms with Gasteiger partial charge in [0.05, 0.1) is 30.8 Å². The summed E-state index contributed by atoms with van der Waals surface area (Å²) in [6.07, 6.45) is 7.25.